The van der Waals surface area contributed by atoms with Gasteiger partial charge in [0.1, 0.15) is 6.61 Å². The van der Waals surface area contributed by atoms with E-state index in [4.69, 9.17) is 10.5 Å². The number of nitrogens with two attached hydrogens (primary N) is 1. The molecule has 5 heteroatoms. The van der Waals surface area contributed by atoms with Crippen LogP contribution in [0.2, 0.25) is 0 Å². The number of carbonyl (C=O) groups excluding carboxylic acids is 1. The van der Waals surface area contributed by atoms with Gasteiger partial charge in [-0.25, -0.2) is 0 Å². The normalized spacial score (nSPS) is 10.2. The van der Waals surface area contributed by atoms with Gasteiger partial charge in [-0.15, -0.1) is 0 Å². The van der Waals surface area contributed by atoms with Crippen LogP contribution in [0.3, 0.4) is 0 Å². The summed E-state index contributed by atoms with van der Waals surface area (Å²) >= 11 is 3.39. The van der Waals surface area contributed by atoms with Crippen molar-refractivity contribution in [3.63, 3.8) is 0 Å². The molecule has 2 rings (SSSR count). The van der Waals surface area contributed by atoms with E-state index in [9.17, 15) is 4.79 Å². The zero-order valence-corrected chi connectivity index (χ0v) is 12.4. The zero-order valence-electron chi connectivity index (χ0n) is 10.8. The lowest BCUT2D eigenvalue weighted by Crippen LogP contribution is -2.18. The molecule has 104 valence electrons. The first-order valence-electron chi connectivity index (χ1n) is 6.11. The molecule has 0 saturated heterocycles. The minimum atomic E-state index is -0.203. The molecule has 0 atom stereocenters. The minimum Gasteiger partial charge on any atom is -0.399 e. The summed E-state index contributed by atoms with van der Waals surface area (Å²) in [5.74, 6) is -0.203. The molecule has 0 spiro atoms. The smallest absolute Gasteiger partial charge is 0.250 e. The number of nitrogen functional groups attached to an aromatic ring is 1. The van der Waals surface area contributed by atoms with E-state index in [1.807, 2.05) is 24.3 Å². The van der Waals surface area contributed by atoms with Crippen molar-refractivity contribution in [1.82, 2.24) is 0 Å². The molecule has 0 bridgehead atoms. The molecule has 0 unspecified atom stereocenters. The van der Waals surface area contributed by atoms with Crippen molar-refractivity contribution in [2.45, 2.75) is 6.61 Å². The lowest BCUT2D eigenvalue weighted by molar-refractivity contribution is -0.121. The molecule has 0 aliphatic heterocycles. The molecule has 0 aromatic heterocycles. The second kappa shape index (κ2) is 7.07. The van der Waals surface area contributed by atoms with E-state index >= 15 is 0 Å². The summed E-state index contributed by atoms with van der Waals surface area (Å²) in [5, 5.41) is 2.73. The Kier molecular flexibility index (Phi) is 5.15. The molecule has 0 fully saturated rings. The Morgan fingerprint density at radius 1 is 1.20 bits per heavy atom. The van der Waals surface area contributed by atoms with E-state index in [2.05, 4.69) is 21.2 Å². The van der Waals surface area contributed by atoms with E-state index in [0.717, 1.165) is 10.0 Å². The van der Waals surface area contributed by atoms with Gasteiger partial charge in [-0.1, -0.05) is 34.1 Å². The van der Waals surface area contributed by atoms with Gasteiger partial charge in [-0.05, 0) is 35.9 Å². The van der Waals surface area contributed by atoms with E-state index in [-0.39, 0.29) is 12.5 Å². The number of amides is 1. The van der Waals surface area contributed by atoms with Gasteiger partial charge in [0.2, 0.25) is 5.91 Å². The maximum absolute atomic E-state index is 11.7. The molecule has 2 aromatic rings. The van der Waals surface area contributed by atoms with Crippen LogP contribution in [0.4, 0.5) is 11.4 Å². The lowest BCUT2D eigenvalue weighted by Gasteiger charge is -2.07. The molecule has 3 N–H and O–H groups in total. The SMILES string of the molecule is Nc1cccc(NC(=O)COCc2cccc(Br)c2)c1. The third-order valence-corrected chi connectivity index (χ3v) is 3.05. The number of carbonyl (C=O) groups is 1. The predicted octanol–water partition coefficient (Wildman–Crippen LogP) is 3.19. The predicted molar refractivity (Wildman–Crippen MR) is 83.3 cm³/mol. The number of rotatable bonds is 5. The summed E-state index contributed by atoms with van der Waals surface area (Å²) in [6.45, 7) is 0.394. The average molecular weight is 335 g/mol. The molecule has 0 saturated carbocycles. The van der Waals surface area contributed by atoms with Gasteiger partial charge in [-0.2, -0.15) is 0 Å². The highest BCUT2D eigenvalue weighted by Crippen LogP contribution is 2.13. The molecule has 0 radical (unpaired) electrons. The van der Waals surface area contributed by atoms with Crippen molar-refractivity contribution in [3.8, 4) is 0 Å². The highest BCUT2D eigenvalue weighted by Gasteiger charge is 2.03. The number of nitrogens with one attached hydrogen (secondary N) is 1. The molecule has 20 heavy (non-hydrogen) atoms. The van der Waals surface area contributed by atoms with Gasteiger partial charge >= 0.3 is 0 Å². The first kappa shape index (κ1) is 14.6. The van der Waals surface area contributed by atoms with Crippen LogP contribution >= 0.6 is 15.9 Å². The largest absolute Gasteiger partial charge is 0.399 e. The van der Waals surface area contributed by atoms with Crippen molar-refractivity contribution in [3.05, 3.63) is 58.6 Å². The van der Waals surface area contributed by atoms with Crippen molar-refractivity contribution in [2.75, 3.05) is 17.7 Å². The van der Waals surface area contributed by atoms with Gasteiger partial charge in [0.15, 0.2) is 0 Å². The fraction of sp³-hybridized carbons (Fsp3) is 0.133. The van der Waals surface area contributed by atoms with Gasteiger partial charge in [0.25, 0.3) is 0 Å². The molecule has 0 aliphatic rings. The van der Waals surface area contributed by atoms with Gasteiger partial charge < -0.3 is 15.8 Å². The van der Waals surface area contributed by atoms with Crippen LogP contribution in [0.25, 0.3) is 0 Å². The van der Waals surface area contributed by atoms with Crippen LogP contribution < -0.4 is 11.1 Å². The Morgan fingerprint density at radius 2 is 2.00 bits per heavy atom. The van der Waals surface area contributed by atoms with Crippen LogP contribution in [0, 0.1) is 0 Å². The van der Waals surface area contributed by atoms with E-state index < -0.39 is 0 Å². The second-order valence-electron chi connectivity index (χ2n) is 4.30. The number of benzene rings is 2. The Bertz CT molecular complexity index is 602. The Labute approximate surface area is 126 Å². The minimum absolute atomic E-state index is 0.00130. The summed E-state index contributed by atoms with van der Waals surface area (Å²) in [6.07, 6.45) is 0. The van der Waals surface area contributed by atoms with Gasteiger partial charge in [-0.3, -0.25) is 4.79 Å². The van der Waals surface area contributed by atoms with Crippen LogP contribution in [0.15, 0.2) is 53.0 Å². The number of hydrogen-bond acceptors (Lipinski definition) is 3. The summed E-state index contributed by atoms with van der Waals surface area (Å²) < 4.78 is 6.36. The molecular weight excluding hydrogens is 320 g/mol. The topological polar surface area (TPSA) is 64.3 Å². The number of halogens is 1. The first-order valence-corrected chi connectivity index (χ1v) is 6.90. The third kappa shape index (κ3) is 4.68. The van der Waals surface area contributed by atoms with E-state index in [1.54, 1.807) is 24.3 Å². The van der Waals surface area contributed by atoms with Crippen LogP contribution in [0.5, 0.6) is 0 Å². The second-order valence-corrected chi connectivity index (χ2v) is 5.21. The molecule has 4 nitrogen and oxygen atoms in total. The van der Waals surface area contributed by atoms with Gasteiger partial charge in [0.05, 0.1) is 6.61 Å². The Morgan fingerprint density at radius 3 is 2.75 bits per heavy atom. The maximum Gasteiger partial charge on any atom is 0.250 e. The molecule has 0 aliphatic carbocycles. The van der Waals surface area contributed by atoms with Gasteiger partial charge in [0, 0.05) is 15.8 Å². The van der Waals surface area contributed by atoms with Crippen LogP contribution in [-0.4, -0.2) is 12.5 Å². The van der Waals surface area contributed by atoms with Crippen molar-refractivity contribution in [1.29, 1.82) is 0 Å². The molecular formula is C15H15BrN2O2. The molecule has 2 aromatic carbocycles. The number of hydrogen-bond donors (Lipinski definition) is 2. The quantitative estimate of drug-likeness (QED) is 0.825. The highest BCUT2D eigenvalue weighted by molar-refractivity contribution is 9.10. The third-order valence-electron chi connectivity index (χ3n) is 2.56. The van der Waals surface area contributed by atoms with Crippen molar-refractivity contribution in [2.24, 2.45) is 0 Å². The lowest BCUT2D eigenvalue weighted by atomic mass is 10.2. The van der Waals surface area contributed by atoms with Crippen molar-refractivity contribution < 1.29 is 9.53 Å². The summed E-state index contributed by atoms with van der Waals surface area (Å²) in [6, 6.07) is 14.8. The highest BCUT2D eigenvalue weighted by atomic mass is 79.9. The summed E-state index contributed by atoms with van der Waals surface area (Å²) in [4.78, 5) is 11.7. The molecule has 1 amide bonds. The number of anilines is 2. The summed E-state index contributed by atoms with van der Waals surface area (Å²) in [5.41, 5.74) is 7.92. The fourth-order valence-electron chi connectivity index (χ4n) is 1.70. The number of ether oxygens (including phenoxy) is 1. The fourth-order valence-corrected chi connectivity index (χ4v) is 2.15. The maximum atomic E-state index is 11.7. The standard InChI is InChI=1S/C15H15BrN2O2/c16-12-4-1-3-11(7-12)9-20-10-15(19)18-14-6-2-5-13(17)8-14/h1-8H,9-10,17H2,(H,18,19). The zero-order chi connectivity index (χ0) is 14.4. The van der Waals surface area contributed by atoms with E-state index in [1.165, 1.54) is 0 Å². The Hall–Kier alpha value is -1.85. The van der Waals surface area contributed by atoms with Crippen molar-refractivity contribution >= 4 is 33.2 Å². The summed E-state index contributed by atoms with van der Waals surface area (Å²) in [7, 11) is 0. The molecule has 0 heterocycles. The Balaban J connectivity index is 1.78. The van der Waals surface area contributed by atoms with E-state index in [0.29, 0.717) is 18.0 Å². The van der Waals surface area contributed by atoms with Crippen LogP contribution in [0.1, 0.15) is 5.56 Å². The first-order chi connectivity index (χ1) is 9.63. The monoisotopic (exact) mass is 334 g/mol. The average Bonchev–Trinajstić information content (AvgIpc) is 2.38. The van der Waals surface area contributed by atoms with Crippen LogP contribution in [-0.2, 0) is 16.1 Å².